The van der Waals surface area contributed by atoms with Crippen molar-refractivity contribution >= 4 is 5.97 Å². The van der Waals surface area contributed by atoms with Crippen molar-refractivity contribution < 1.29 is 26.6 Å². The Bertz CT molecular complexity index is 623. The van der Waals surface area contributed by atoms with E-state index in [-0.39, 0.29) is 23.0 Å². The molecule has 22 heavy (non-hydrogen) atoms. The molecule has 0 fully saturated rings. The van der Waals surface area contributed by atoms with E-state index in [4.69, 9.17) is 4.74 Å². The Morgan fingerprint density at radius 2 is 1.77 bits per heavy atom. The minimum absolute atomic E-state index is 0. The topological polar surface area (TPSA) is 26.3 Å². The zero-order valence-corrected chi connectivity index (χ0v) is 13.5. The molecule has 0 unspecified atom stereocenters. The number of hydrogen-bond donors (Lipinski definition) is 0. The average molecular weight is 334 g/mol. The predicted molar refractivity (Wildman–Crippen MR) is 85.5 cm³/mol. The van der Waals surface area contributed by atoms with Gasteiger partial charge in [0.2, 0.25) is 0 Å². The minimum atomic E-state index is -0.268. The van der Waals surface area contributed by atoms with E-state index < -0.39 is 0 Å². The molecule has 0 aliphatic heterocycles. The molecule has 0 bridgehead atoms. The molecule has 0 aliphatic carbocycles. The van der Waals surface area contributed by atoms with Crippen LogP contribution in [0, 0.1) is 0 Å². The molecule has 0 radical (unpaired) electrons. The molecule has 0 aromatic heterocycles. The van der Waals surface area contributed by atoms with Gasteiger partial charge in [0.25, 0.3) is 0 Å². The van der Waals surface area contributed by atoms with Crippen LogP contribution in [0.1, 0.15) is 17.3 Å². The van der Waals surface area contributed by atoms with Crippen LogP contribution < -0.4 is 0 Å². The van der Waals surface area contributed by atoms with E-state index in [1.165, 1.54) is 0 Å². The standard InChI is InChI=1S/C14H13O2.C5H5.Fe/c1-2-16-14(15)13-9-5-8-12(10-13)11-6-3-4-7-11;1-2-4-5-3-1;/h3-10H,2H2,1H3;1-5H;/q2*-1;. The maximum Gasteiger partial charge on any atom is 0.330 e. The maximum atomic E-state index is 11.5. The van der Waals surface area contributed by atoms with E-state index in [0.29, 0.717) is 12.2 Å². The zero-order chi connectivity index (χ0) is 14.9. The van der Waals surface area contributed by atoms with Crippen molar-refractivity contribution in [2.75, 3.05) is 6.61 Å². The Balaban J connectivity index is 0.000000344. The smallest absolute Gasteiger partial charge is 0.330 e. The van der Waals surface area contributed by atoms with Crippen LogP contribution in [0.25, 0.3) is 11.1 Å². The number of ether oxygens (including phenoxy) is 1. The van der Waals surface area contributed by atoms with Crippen molar-refractivity contribution in [3.05, 3.63) is 84.4 Å². The Morgan fingerprint density at radius 1 is 1.09 bits per heavy atom. The molecular weight excluding hydrogens is 316 g/mol. The van der Waals surface area contributed by atoms with Crippen molar-refractivity contribution in [1.82, 2.24) is 0 Å². The fraction of sp³-hybridized carbons (Fsp3) is 0.105. The van der Waals surface area contributed by atoms with Crippen LogP contribution in [0.15, 0.2) is 78.9 Å². The summed E-state index contributed by atoms with van der Waals surface area (Å²) < 4.78 is 4.96. The van der Waals surface area contributed by atoms with Crippen molar-refractivity contribution in [1.29, 1.82) is 0 Å². The maximum absolute atomic E-state index is 11.5. The van der Waals surface area contributed by atoms with Gasteiger partial charge in [0.1, 0.15) is 0 Å². The molecule has 0 aliphatic rings. The molecule has 3 aromatic carbocycles. The summed E-state index contributed by atoms with van der Waals surface area (Å²) in [6, 6.07) is 25.5. The van der Waals surface area contributed by atoms with Crippen LogP contribution in [0.3, 0.4) is 0 Å². The number of carbonyl (C=O) groups excluding carboxylic acids is 1. The van der Waals surface area contributed by atoms with Gasteiger partial charge >= 0.3 is 5.97 Å². The van der Waals surface area contributed by atoms with Crippen LogP contribution in [0.2, 0.25) is 0 Å². The number of benzene rings is 1. The number of rotatable bonds is 3. The SMILES string of the molecule is CCOC(=O)c1cccc(-[c-]2cccc2)c1.[Fe].c1cc[cH-]c1. The second-order valence-corrected chi connectivity index (χ2v) is 4.44. The summed E-state index contributed by atoms with van der Waals surface area (Å²) >= 11 is 0. The fourth-order valence-corrected chi connectivity index (χ4v) is 1.93. The van der Waals surface area contributed by atoms with E-state index in [0.717, 1.165) is 11.1 Å². The first-order valence-electron chi connectivity index (χ1n) is 6.97. The Labute approximate surface area is 141 Å². The van der Waals surface area contributed by atoms with Gasteiger partial charge in [0, 0.05) is 22.6 Å². The summed E-state index contributed by atoms with van der Waals surface area (Å²) in [5, 5.41) is 0. The third kappa shape index (κ3) is 5.36. The molecule has 0 heterocycles. The Kier molecular flexibility index (Phi) is 7.98. The summed E-state index contributed by atoms with van der Waals surface area (Å²) in [4.78, 5) is 11.5. The molecule has 3 heteroatoms. The average Bonchev–Trinajstić information content (AvgIpc) is 3.23. The number of carbonyl (C=O) groups is 1. The molecular formula is C19H18FeO2-2. The zero-order valence-electron chi connectivity index (χ0n) is 12.4. The van der Waals surface area contributed by atoms with Gasteiger partial charge < -0.3 is 4.74 Å². The Hall–Kier alpha value is -2.09. The molecule has 0 atom stereocenters. The molecule has 3 rings (SSSR count). The van der Waals surface area contributed by atoms with Crippen molar-refractivity contribution in [3.63, 3.8) is 0 Å². The minimum Gasteiger partial charge on any atom is -0.463 e. The summed E-state index contributed by atoms with van der Waals surface area (Å²) in [6.45, 7) is 2.21. The fourth-order valence-electron chi connectivity index (χ4n) is 1.93. The van der Waals surface area contributed by atoms with Gasteiger partial charge in [0.05, 0.1) is 6.61 Å². The van der Waals surface area contributed by atoms with Gasteiger partial charge in [-0.1, -0.05) is 17.7 Å². The van der Waals surface area contributed by atoms with Crippen molar-refractivity contribution in [2.45, 2.75) is 6.92 Å². The summed E-state index contributed by atoms with van der Waals surface area (Å²) in [5.41, 5.74) is 2.75. The largest absolute Gasteiger partial charge is 0.463 e. The van der Waals surface area contributed by atoms with Gasteiger partial charge in [-0.2, -0.15) is 30.3 Å². The molecule has 2 nitrogen and oxygen atoms in total. The van der Waals surface area contributed by atoms with Gasteiger partial charge in [0.15, 0.2) is 0 Å². The molecule has 0 spiro atoms. The van der Waals surface area contributed by atoms with E-state index in [9.17, 15) is 4.79 Å². The van der Waals surface area contributed by atoms with Crippen LogP contribution >= 0.6 is 0 Å². The van der Waals surface area contributed by atoms with Gasteiger partial charge in [-0.3, -0.25) is 0 Å². The van der Waals surface area contributed by atoms with E-state index in [1.807, 2.05) is 72.8 Å². The first-order chi connectivity index (χ1) is 10.3. The van der Waals surface area contributed by atoms with Crippen LogP contribution in [0.5, 0.6) is 0 Å². The molecule has 116 valence electrons. The van der Waals surface area contributed by atoms with Crippen molar-refractivity contribution in [3.8, 4) is 11.1 Å². The van der Waals surface area contributed by atoms with Gasteiger partial charge in [-0.15, -0.1) is 29.8 Å². The van der Waals surface area contributed by atoms with E-state index in [1.54, 1.807) is 13.0 Å². The third-order valence-electron chi connectivity index (χ3n) is 2.93. The number of hydrogen-bond acceptors (Lipinski definition) is 2. The monoisotopic (exact) mass is 334 g/mol. The second kappa shape index (κ2) is 9.77. The molecule has 0 saturated heterocycles. The van der Waals surface area contributed by atoms with Crippen LogP contribution in [-0.2, 0) is 21.8 Å². The normalized spacial score (nSPS) is 9.14. The molecule has 0 saturated carbocycles. The second-order valence-electron chi connectivity index (χ2n) is 4.44. The van der Waals surface area contributed by atoms with Crippen LogP contribution in [0.4, 0.5) is 0 Å². The quantitative estimate of drug-likeness (QED) is 0.396. The van der Waals surface area contributed by atoms with E-state index in [2.05, 4.69) is 0 Å². The summed E-state index contributed by atoms with van der Waals surface area (Å²) in [7, 11) is 0. The van der Waals surface area contributed by atoms with E-state index >= 15 is 0 Å². The Morgan fingerprint density at radius 3 is 2.32 bits per heavy atom. The molecule has 3 aromatic rings. The van der Waals surface area contributed by atoms with Gasteiger partial charge in [-0.05, 0) is 6.92 Å². The number of esters is 1. The first-order valence-corrected chi connectivity index (χ1v) is 6.97. The van der Waals surface area contributed by atoms with Crippen molar-refractivity contribution in [2.24, 2.45) is 0 Å². The first kappa shape index (κ1) is 18.0. The third-order valence-corrected chi connectivity index (χ3v) is 2.93. The summed E-state index contributed by atoms with van der Waals surface area (Å²) in [6.07, 6.45) is 0. The van der Waals surface area contributed by atoms with Crippen LogP contribution in [-0.4, -0.2) is 12.6 Å². The summed E-state index contributed by atoms with van der Waals surface area (Å²) in [5.74, 6) is -0.268. The molecule has 0 N–H and O–H groups in total. The predicted octanol–water partition coefficient (Wildman–Crippen LogP) is 4.65. The molecule has 0 amide bonds. The van der Waals surface area contributed by atoms with Gasteiger partial charge in [-0.25, -0.2) is 16.9 Å².